The molecule has 2 heterocycles. The van der Waals surface area contributed by atoms with Crippen molar-refractivity contribution < 1.29 is 18.3 Å². The van der Waals surface area contributed by atoms with E-state index in [1.807, 2.05) is 0 Å². The molecule has 3 N–H and O–H groups in total. The maximum absolute atomic E-state index is 12.3. The van der Waals surface area contributed by atoms with Crippen LogP contribution < -0.4 is 20.7 Å². The van der Waals surface area contributed by atoms with Gasteiger partial charge in [0.25, 0.3) is 0 Å². The molecule has 3 rings (SSSR count). The predicted octanol–water partition coefficient (Wildman–Crippen LogP) is 4.20. The molecule has 0 saturated heterocycles. The molecule has 0 bridgehead atoms. The summed E-state index contributed by atoms with van der Waals surface area (Å²) < 4.78 is 28.9. The van der Waals surface area contributed by atoms with Crippen molar-refractivity contribution in [2.24, 2.45) is 0 Å². The molecule has 2 amide bonds. The van der Waals surface area contributed by atoms with Crippen LogP contribution in [0.25, 0.3) is 10.6 Å². The molecule has 0 aliphatic heterocycles. The van der Waals surface area contributed by atoms with Gasteiger partial charge in [0.1, 0.15) is 5.75 Å². The van der Waals surface area contributed by atoms with E-state index >= 15 is 0 Å². The van der Waals surface area contributed by atoms with Crippen LogP contribution in [0.4, 0.5) is 30.3 Å². The number of rotatable bonds is 6. The summed E-state index contributed by atoms with van der Waals surface area (Å²) in [5, 5.41) is 8.40. The summed E-state index contributed by atoms with van der Waals surface area (Å²) in [5.74, 6) is 0.424. The molecular weight excluding hydrogens is 390 g/mol. The molecule has 0 spiro atoms. The van der Waals surface area contributed by atoms with Crippen LogP contribution in [0, 0.1) is 6.92 Å². The first-order valence-electron chi connectivity index (χ1n) is 8.06. The fraction of sp³-hybridized carbons (Fsp3) is 0.176. The molecule has 8 nitrogen and oxygen atoms in total. The zero-order chi connectivity index (χ0) is 20.1. The Balaban J connectivity index is 1.70. The average molecular weight is 406 g/mol. The van der Waals surface area contributed by atoms with E-state index in [4.69, 9.17) is 0 Å². The number of nitrogens with one attached hydrogen (secondary N) is 3. The average Bonchev–Trinajstić information content (AvgIpc) is 3.01. The van der Waals surface area contributed by atoms with E-state index in [1.165, 1.54) is 29.5 Å². The number of aryl methyl sites for hydroxylation is 1. The number of benzene rings is 1. The minimum absolute atomic E-state index is 0.0516. The Morgan fingerprint density at radius 2 is 2.04 bits per heavy atom. The number of amides is 2. The first-order chi connectivity index (χ1) is 13.4. The Labute approximate surface area is 163 Å². The van der Waals surface area contributed by atoms with Crippen LogP contribution in [0.3, 0.4) is 0 Å². The second-order valence-electron chi connectivity index (χ2n) is 5.43. The Kier molecular flexibility index (Phi) is 5.94. The van der Waals surface area contributed by atoms with Crippen LogP contribution in [0.5, 0.6) is 5.75 Å². The number of anilines is 3. The van der Waals surface area contributed by atoms with E-state index in [2.05, 4.69) is 35.6 Å². The molecule has 0 saturated carbocycles. The molecule has 0 aliphatic rings. The monoisotopic (exact) mass is 406 g/mol. The number of halogens is 2. The lowest BCUT2D eigenvalue weighted by molar-refractivity contribution is -0.0497. The summed E-state index contributed by atoms with van der Waals surface area (Å²) in [7, 11) is 1.72. The lowest BCUT2D eigenvalue weighted by Gasteiger charge is -2.08. The van der Waals surface area contributed by atoms with Crippen LogP contribution in [0.15, 0.2) is 36.5 Å². The zero-order valence-electron chi connectivity index (χ0n) is 14.9. The van der Waals surface area contributed by atoms with E-state index in [0.29, 0.717) is 28.2 Å². The Hall–Kier alpha value is -3.34. The number of alkyl halides is 2. The van der Waals surface area contributed by atoms with Crippen molar-refractivity contribution in [2.45, 2.75) is 13.5 Å². The minimum atomic E-state index is -2.94. The van der Waals surface area contributed by atoms with Crippen LogP contribution >= 0.6 is 11.3 Å². The van der Waals surface area contributed by atoms with Crippen LogP contribution in [-0.4, -0.2) is 34.6 Å². The van der Waals surface area contributed by atoms with Crippen molar-refractivity contribution in [2.75, 3.05) is 23.0 Å². The van der Waals surface area contributed by atoms with Gasteiger partial charge in [0.15, 0.2) is 5.13 Å². The molecule has 0 fully saturated rings. The number of ether oxygens (including phenoxy) is 1. The number of carbonyl (C=O) groups excluding carboxylic acids is 1. The minimum Gasteiger partial charge on any atom is -0.435 e. The molecule has 0 aliphatic carbocycles. The topological polar surface area (TPSA) is 101 Å². The summed E-state index contributed by atoms with van der Waals surface area (Å²) in [4.78, 5) is 25.7. The number of hydrogen-bond acceptors (Lipinski definition) is 7. The van der Waals surface area contributed by atoms with Gasteiger partial charge < -0.3 is 15.4 Å². The third kappa shape index (κ3) is 4.88. The SMILES string of the molecule is CNc1nccc(-c2sc(NC(=O)Nc3cccc(OC(F)F)c3)nc2C)n1. The normalized spacial score (nSPS) is 10.6. The van der Waals surface area contributed by atoms with Gasteiger partial charge in [0.2, 0.25) is 5.95 Å². The van der Waals surface area contributed by atoms with Crippen molar-refractivity contribution in [1.82, 2.24) is 15.0 Å². The third-order valence-electron chi connectivity index (χ3n) is 3.45. The lowest BCUT2D eigenvalue weighted by atomic mass is 10.3. The quantitative estimate of drug-likeness (QED) is 0.567. The van der Waals surface area contributed by atoms with Gasteiger partial charge in [-0.25, -0.2) is 19.7 Å². The van der Waals surface area contributed by atoms with Gasteiger partial charge in [-0.15, -0.1) is 0 Å². The molecule has 0 atom stereocenters. The summed E-state index contributed by atoms with van der Waals surface area (Å²) >= 11 is 1.26. The Bertz CT molecular complexity index is 982. The maximum atomic E-state index is 12.3. The first kappa shape index (κ1) is 19.4. The smallest absolute Gasteiger partial charge is 0.387 e. The van der Waals surface area contributed by atoms with Crippen molar-refractivity contribution in [3.63, 3.8) is 0 Å². The molecule has 11 heteroatoms. The van der Waals surface area contributed by atoms with Gasteiger partial charge in [-0.05, 0) is 25.1 Å². The molecule has 28 heavy (non-hydrogen) atoms. The number of carbonyl (C=O) groups is 1. The molecule has 146 valence electrons. The number of hydrogen-bond donors (Lipinski definition) is 3. The summed E-state index contributed by atoms with van der Waals surface area (Å²) in [6, 6.07) is 6.90. The molecule has 2 aromatic heterocycles. The number of thiazole rings is 1. The Morgan fingerprint density at radius 1 is 1.21 bits per heavy atom. The molecular formula is C17H16F2N6O2S. The molecule has 3 aromatic rings. The fourth-order valence-corrected chi connectivity index (χ4v) is 3.23. The molecule has 0 radical (unpaired) electrons. The number of nitrogens with zero attached hydrogens (tertiary/aromatic N) is 3. The Morgan fingerprint density at radius 3 is 2.79 bits per heavy atom. The lowest BCUT2D eigenvalue weighted by Crippen LogP contribution is -2.19. The van der Waals surface area contributed by atoms with Gasteiger partial charge >= 0.3 is 12.6 Å². The second kappa shape index (κ2) is 8.57. The van der Waals surface area contributed by atoms with Crippen molar-refractivity contribution in [3.05, 3.63) is 42.2 Å². The van der Waals surface area contributed by atoms with Crippen LogP contribution in [0.2, 0.25) is 0 Å². The van der Waals surface area contributed by atoms with E-state index in [1.54, 1.807) is 32.3 Å². The van der Waals surface area contributed by atoms with Gasteiger partial charge in [-0.3, -0.25) is 5.32 Å². The summed E-state index contributed by atoms with van der Waals surface area (Å²) in [5.41, 5.74) is 1.69. The van der Waals surface area contributed by atoms with Gasteiger partial charge in [0, 0.05) is 25.0 Å². The summed E-state index contributed by atoms with van der Waals surface area (Å²) in [6.07, 6.45) is 1.63. The highest BCUT2D eigenvalue weighted by Crippen LogP contribution is 2.31. The summed E-state index contributed by atoms with van der Waals surface area (Å²) in [6.45, 7) is -1.13. The largest absolute Gasteiger partial charge is 0.435 e. The maximum Gasteiger partial charge on any atom is 0.387 e. The molecule has 0 unspecified atom stereocenters. The van der Waals surface area contributed by atoms with Gasteiger partial charge in [-0.2, -0.15) is 8.78 Å². The first-order valence-corrected chi connectivity index (χ1v) is 8.87. The standard InChI is InChI=1S/C17H16F2N6O2S/c1-9-13(12-6-7-21-15(20-2)24-12)28-17(22-9)25-16(26)23-10-4-3-5-11(8-10)27-14(18)19/h3-8,14H,1-2H3,(H,20,21,24)(H2,22,23,25,26). The highest BCUT2D eigenvalue weighted by molar-refractivity contribution is 7.19. The number of urea groups is 1. The van der Waals surface area contributed by atoms with Crippen molar-refractivity contribution >= 4 is 34.1 Å². The van der Waals surface area contributed by atoms with Gasteiger partial charge in [0.05, 0.1) is 16.3 Å². The van der Waals surface area contributed by atoms with Crippen molar-refractivity contribution in [1.29, 1.82) is 0 Å². The second-order valence-corrected chi connectivity index (χ2v) is 6.43. The highest BCUT2D eigenvalue weighted by Gasteiger charge is 2.14. The van der Waals surface area contributed by atoms with Crippen molar-refractivity contribution in [3.8, 4) is 16.3 Å². The highest BCUT2D eigenvalue weighted by atomic mass is 32.1. The zero-order valence-corrected chi connectivity index (χ0v) is 15.7. The molecule has 1 aromatic carbocycles. The fourth-order valence-electron chi connectivity index (χ4n) is 2.30. The van der Waals surface area contributed by atoms with E-state index in [0.717, 1.165) is 4.88 Å². The predicted molar refractivity (Wildman–Crippen MR) is 103 cm³/mol. The van der Waals surface area contributed by atoms with E-state index in [9.17, 15) is 13.6 Å². The number of aromatic nitrogens is 3. The van der Waals surface area contributed by atoms with E-state index in [-0.39, 0.29) is 5.75 Å². The van der Waals surface area contributed by atoms with E-state index < -0.39 is 12.6 Å². The van der Waals surface area contributed by atoms with Gasteiger partial charge in [-0.1, -0.05) is 17.4 Å². The van der Waals surface area contributed by atoms with Crippen LogP contribution in [0.1, 0.15) is 5.69 Å². The third-order valence-corrected chi connectivity index (χ3v) is 4.54. The van der Waals surface area contributed by atoms with Crippen LogP contribution in [-0.2, 0) is 0 Å².